The quantitative estimate of drug-likeness (QED) is 0.139. The summed E-state index contributed by atoms with van der Waals surface area (Å²) in [4.78, 5) is 33.1. The van der Waals surface area contributed by atoms with E-state index >= 15 is 0 Å². The van der Waals surface area contributed by atoms with Gasteiger partial charge in [0.25, 0.3) is 5.56 Å². The molecule has 2 aromatic carbocycles. The van der Waals surface area contributed by atoms with Crippen molar-refractivity contribution in [1.82, 2.24) is 29.3 Å². The van der Waals surface area contributed by atoms with Gasteiger partial charge in [0.2, 0.25) is 5.78 Å². The maximum atomic E-state index is 14.4. The molecule has 5 rings (SSSR count). The first kappa shape index (κ1) is 34.0. The minimum absolute atomic E-state index is 0.0366. The third-order valence-corrected chi connectivity index (χ3v) is 8.90. The van der Waals surface area contributed by atoms with Gasteiger partial charge >= 0.3 is 5.76 Å². The Morgan fingerprint density at radius 3 is 2.34 bits per heavy atom. The number of nitrogens with one attached hydrogen (secondary N) is 1. The Morgan fingerprint density at radius 2 is 1.72 bits per heavy atom. The highest BCUT2D eigenvalue weighted by atomic mass is 16.5. The molecular weight excluding hydrogens is 596 g/mol. The zero-order valence-electron chi connectivity index (χ0n) is 28.2. The van der Waals surface area contributed by atoms with E-state index in [-0.39, 0.29) is 23.8 Å². The van der Waals surface area contributed by atoms with Crippen LogP contribution in [0.4, 0.5) is 0 Å². The number of ether oxygens (including phenoxy) is 1. The molecule has 0 fully saturated rings. The molecule has 0 saturated heterocycles. The molecule has 0 amide bonds. The summed E-state index contributed by atoms with van der Waals surface area (Å²) in [6, 6.07) is 15.6. The lowest BCUT2D eigenvalue weighted by atomic mass is 9.96. The maximum Gasteiger partial charge on any atom is 0.439 e. The minimum atomic E-state index is -0.929. The van der Waals surface area contributed by atoms with Gasteiger partial charge in [-0.2, -0.15) is 10.1 Å². The third kappa shape index (κ3) is 7.47. The van der Waals surface area contributed by atoms with E-state index in [0.29, 0.717) is 42.8 Å². The van der Waals surface area contributed by atoms with Gasteiger partial charge in [-0.3, -0.25) is 18.9 Å². The summed E-state index contributed by atoms with van der Waals surface area (Å²) in [6.45, 7) is 11.8. The SMILES string of the molecule is CCCc1c(Cc2ccc(-c3ccccc3-c3noc(=O)[nH]3)cc2)c(=O)n([C@@H](C)CC[C@H](CC)OC(CC)C(C)(C)O)c2ncnn12. The van der Waals surface area contributed by atoms with Crippen LogP contribution in [0.5, 0.6) is 0 Å². The Labute approximate surface area is 274 Å². The van der Waals surface area contributed by atoms with Crippen molar-refractivity contribution in [3.63, 3.8) is 0 Å². The second-order valence-electron chi connectivity index (χ2n) is 12.8. The van der Waals surface area contributed by atoms with Gasteiger partial charge in [0.15, 0.2) is 5.82 Å². The molecule has 0 saturated carbocycles. The van der Waals surface area contributed by atoms with Crippen LogP contribution in [-0.2, 0) is 17.6 Å². The number of aromatic amines is 1. The lowest BCUT2D eigenvalue weighted by Crippen LogP contribution is -2.40. The monoisotopic (exact) mass is 642 g/mol. The van der Waals surface area contributed by atoms with Gasteiger partial charge in [0.1, 0.15) is 6.33 Å². The summed E-state index contributed by atoms with van der Waals surface area (Å²) in [5.41, 5.74) is 4.20. The van der Waals surface area contributed by atoms with Gasteiger partial charge < -0.3 is 9.84 Å². The molecule has 2 N–H and O–H groups in total. The molecule has 11 heteroatoms. The molecule has 3 aromatic heterocycles. The average molecular weight is 643 g/mol. The Bertz CT molecular complexity index is 1900. The highest BCUT2D eigenvalue weighted by molar-refractivity contribution is 5.80. The van der Waals surface area contributed by atoms with Crippen LogP contribution in [-0.4, -0.2) is 52.2 Å². The van der Waals surface area contributed by atoms with E-state index in [1.54, 1.807) is 18.4 Å². The van der Waals surface area contributed by atoms with Crippen LogP contribution in [0, 0.1) is 0 Å². The van der Waals surface area contributed by atoms with Crippen molar-refractivity contribution < 1.29 is 14.4 Å². The second-order valence-corrected chi connectivity index (χ2v) is 12.8. The first-order valence-electron chi connectivity index (χ1n) is 16.6. The lowest BCUT2D eigenvalue weighted by molar-refractivity contribution is -0.122. The van der Waals surface area contributed by atoms with Crippen molar-refractivity contribution in [3.05, 3.63) is 92.6 Å². The molecule has 250 valence electrons. The molecule has 0 bridgehead atoms. The normalized spacial score (nSPS) is 14.0. The molecular formula is C36H46N6O5. The van der Waals surface area contributed by atoms with Crippen LogP contribution in [0.25, 0.3) is 28.3 Å². The minimum Gasteiger partial charge on any atom is -0.388 e. The molecule has 3 atom stereocenters. The van der Waals surface area contributed by atoms with Crippen molar-refractivity contribution >= 4 is 5.78 Å². The average Bonchev–Trinajstić information content (AvgIpc) is 3.72. The number of aliphatic hydroxyl groups is 1. The number of aromatic nitrogens is 6. The number of rotatable bonds is 15. The molecule has 5 aromatic rings. The first-order valence-corrected chi connectivity index (χ1v) is 16.6. The van der Waals surface area contributed by atoms with Gasteiger partial charge in [-0.05, 0) is 69.6 Å². The predicted molar refractivity (Wildman–Crippen MR) is 182 cm³/mol. The van der Waals surface area contributed by atoms with Gasteiger partial charge in [-0.1, -0.05) is 80.9 Å². The third-order valence-electron chi connectivity index (χ3n) is 8.90. The van der Waals surface area contributed by atoms with Crippen LogP contribution in [0.2, 0.25) is 0 Å². The Morgan fingerprint density at radius 1 is 1.00 bits per heavy atom. The molecule has 1 unspecified atom stereocenters. The zero-order valence-corrected chi connectivity index (χ0v) is 28.2. The molecule has 0 radical (unpaired) electrons. The molecule has 47 heavy (non-hydrogen) atoms. The van der Waals surface area contributed by atoms with Crippen LogP contribution in [0.3, 0.4) is 0 Å². The Balaban J connectivity index is 1.44. The van der Waals surface area contributed by atoms with E-state index in [9.17, 15) is 14.7 Å². The second kappa shape index (κ2) is 14.6. The number of benzene rings is 2. The summed E-state index contributed by atoms with van der Waals surface area (Å²) >= 11 is 0. The van der Waals surface area contributed by atoms with Crippen molar-refractivity contribution in [1.29, 1.82) is 0 Å². The van der Waals surface area contributed by atoms with Crippen molar-refractivity contribution in [2.45, 2.75) is 110 Å². The van der Waals surface area contributed by atoms with Crippen LogP contribution in [0.15, 0.2) is 69.0 Å². The van der Waals surface area contributed by atoms with E-state index in [2.05, 4.69) is 34.1 Å². The first-order chi connectivity index (χ1) is 22.5. The number of fused-ring (bicyclic) bond motifs is 1. The summed E-state index contributed by atoms with van der Waals surface area (Å²) in [7, 11) is 0. The number of hydrogen-bond donors (Lipinski definition) is 2. The summed E-state index contributed by atoms with van der Waals surface area (Å²) in [6.07, 6.45) is 6.19. The molecule has 0 aliphatic rings. The lowest BCUT2D eigenvalue weighted by Gasteiger charge is -2.32. The Kier molecular flexibility index (Phi) is 10.6. The summed E-state index contributed by atoms with van der Waals surface area (Å²) in [5, 5.41) is 19.0. The van der Waals surface area contributed by atoms with Crippen LogP contribution in [0.1, 0.15) is 96.5 Å². The highest BCUT2D eigenvalue weighted by Gasteiger charge is 2.29. The maximum absolute atomic E-state index is 14.4. The molecule has 3 heterocycles. The fourth-order valence-electron chi connectivity index (χ4n) is 6.36. The van der Waals surface area contributed by atoms with E-state index in [4.69, 9.17) is 9.26 Å². The van der Waals surface area contributed by atoms with Crippen LogP contribution < -0.4 is 11.3 Å². The molecule has 0 aliphatic carbocycles. The summed E-state index contributed by atoms with van der Waals surface area (Å²) in [5.74, 6) is 0.310. The van der Waals surface area contributed by atoms with Crippen molar-refractivity contribution in [3.8, 4) is 22.5 Å². The fourth-order valence-corrected chi connectivity index (χ4v) is 6.36. The number of nitrogens with zero attached hydrogens (tertiary/aromatic N) is 5. The van der Waals surface area contributed by atoms with E-state index < -0.39 is 11.4 Å². The topological polar surface area (TPSA) is 141 Å². The smallest absolute Gasteiger partial charge is 0.388 e. The number of hydrogen-bond acceptors (Lipinski definition) is 8. The molecule has 0 aliphatic heterocycles. The van der Waals surface area contributed by atoms with Gasteiger partial charge in [0, 0.05) is 23.6 Å². The standard InChI is InChI=1S/C36H46N6O5/c1-7-12-30-29(21-24-16-18-25(19-17-24)27-13-10-11-14-28(27)32-39-35(44)47-40-32)33(43)41(34-37-22-38-42(30)34)23(4)15-20-26(8-2)46-31(9-3)36(5,6)45/h10-11,13-14,16-19,22-23,26,31,45H,7-9,12,15,20-21H2,1-6H3,(H,39,40,44)/t23-,26-,31?/m0/s1. The predicted octanol–water partition coefficient (Wildman–Crippen LogP) is 6.13. The zero-order chi connectivity index (χ0) is 33.7. The van der Waals surface area contributed by atoms with E-state index in [1.165, 1.54) is 6.33 Å². The van der Waals surface area contributed by atoms with Crippen LogP contribution >= 0.6 is 0 Å². The highest BCUT2D eigenvalue weighted by Crippen LogP contribution is 2.30. The van der Waals surface area contributed by atoms with Gasteiger partial charge in [0.05, 0.1) is 23.5 Å². The van der Waals surface area contributed by atoms with E-state index in [0.717, 1.165) is 47.2 Å². The van der Waals surface area contributed by atoms with Crippen molar-refractivity contribution in [2.75, 3.05) is 0 Å². The number of H-pyrrole nitrogens is 1. The molecule has 11 nitrogen and oxygen atoms in total. The van der Waals surface area contributed by atoms with E-state index in [1.807, 2.05) is 66.9 Å². The largest absolute Gasteiger partial charge is 0.439 e. The summed E-state index contributed by atoms with van der Waals surface area (Å²) < 4.78 is 14.7. The number of aryl methyl sites for hydroxylation is 1. The van der Waals surface area contributed by atoms with Crippen molar-refractivity contribution in [2.24, 2.45) is 0 Å². The Hall–Kier alpha value is -4.35. The fraction of sp³-hybridized carbons (Fsp3) is 0.472. The molecule has 0 spiro atoms. The van der Waals surface area contributed by atoms with Gasteiger partial charge in [-0.25, -0.2) is 9.31 Å². The van der Waals surface area contributed by atoms with Gasteiger partial charge in [-0.15, -0.1) is 0 Å².